The molecule has 270 valence electrons. The molecule has 0 saturated heterocycles. The minimum Gasteiger partial charge on any atom is -0.209 e. The Morgan fingerprint density at radius 1 is 0.442 bits per heavy atom. The van der Waals surface area contributed by atoms with Crippen molar-refractivity contribution in [3.63, 3.8) is 0 Å². The van der Waals surface area contributed by atoms with E-state index in [1.165, 1.54) is 0 Å². The van der Waals surface area contributed by atoms with Gasteiger partial charge in [-0.15, -0.1) is 0 Å². The van der Waals surface area contributed by atoms with E-state index in [1.807, 2.05) is 9.97 Å². The van der Waals surface area contributed by atoms with Crippen LogP contribution >= 0.6 is 0 Å². The highest BCUT2D eigenvalue weighted by Gasteiger charge is 2.48. The highest BCUT2D eigenvalue weighted by molar-refractivity contribution is 6.12. The van der Waals surface area contributed by atoms with E-state index in [0.717, 1.165) is 18.2 Å². The Morgan fingerprint density at radius 3 is 1.02 bits per heavy atom. The van der Waals surface area contributed by atoms with Crippen LogP contribution in [0.2, 0.25) is 0 Å². The summed E-state index contributed by atoms with van der Waals surface area (Å²) in [7, 11) is 0. The quantitative estimate of drug-likeness (QED) is 0.150. The molecular formula is C29H3F18N5. The van der Waals surface area contributed by atoms with Gasteiger partial charge in [0.25, 0.3) is 0 Å². The smallest absolute Gasteiger partial charge is 0.209 e. The van der Waals surface area contributed by atoms with Crippen LogP contribution in [0, 0.1) is 69.2 Å². The van der Waals surface area contributed by atoms with Crippen molar-refractivity contribution >= 4 is 16.7 Å². The van der Waals surface area contributed by atoms with Crippen LogP contribution in [0.4, 0.5) is 79.0 Å². The number of hydrogen-bond donors (Lipinski definition) is 0. The zero-order valence-corrected chi connectivity index (χ0v) is 23.8. The van der Waals surface area contributed by atoms with Crippen LogP contribution in [0.3, 0.4) is 0 Å². The van der Waals surface area contributed by atoms with Crippen molar-refractivity contribution in [2.24, 2.45) is 0 Å². The number of aromatic nitrogens is 2. The summed E-state index contributed by atoms with van der Waals surface area (Å²) in [6, 6.07) is 1.55. The summed E-state index contributed by atoms with van der Waals surface area (Å²) in [6.45, 7) is 0. The predicted molar refractivity (Wildman–Crippen MR) is 132 cm³/mol. The summed E-state index contributed by atoms with van der Waals surface area (Å²) < 4.78 is 251. The number of nitrogens with zero attached hydrogens (tertiary/aromatic N) is 5. The number of hydrogen-bond acceptors (Lipinski definition) is 5. The maximum atomic E-state index is 15.1. The number of nitriles is 3. The van der Waals surface area contributed by atoms with E-state index in [4.69, 9.17) is 0 Å². The summed E-state index contributed by atoms with van der Waals surface area (Å²) in [4.78, 5) is 4.00. The molecule has 2 aromatic heterocycles. The lowest BCUT2D eigenvalue weighted by atomic mass is 9.98. The van der Waals surface area contributed by atoms with E-state index in [2.05, 4.69) is 0 Å². The molecule has 1 saturated carbocycles. The second kappa shape index (κ2) is 12.6. The third-order valence-electron chi connectivity index (χ3n) is 6.76. The first-order valence-electron chi connectivity index (χ1n) is 12.7. The summed E-state index contributed by atoms with van der Waals surface area (Å²) >= 11 is 0. The van der Waals surface area contributed by atoms with Gasteiger partial charge in [-0.1, -0.05) is 0 Å². The van der Waals surface area contributed by atoms with Gasteiger partial charge >= 0.3 is 24.7 Å². The van der Waals surface area contributed by atoms with Gasteiger partial charge < -0.3 is 0 Å². The van der Waals surface area contributed by atoms with Crippen LogP contribution in [0.15, 0.2) is 34.9 Å². The fourth-order valence-corrected chi connectivity index (χ4v) is 4.62. The van der Waals surface area contributed by atoms with Gasteiger partial charge in [-0.05, 0) is 23.8 Å². The summed E-state index contributed by atoms with van der Waals surface area (Å²) in [5.74, 6) is -17.1. The SMILES string of the molecule is N#CC(=C1C(=C(C#N)c2c(F)c(F)nc(C(F)(F)F)c2F)C1=C(C#N)c1c(F)c(F)nc(C(F)(F)F)c1F)c1cc(C(F)(F)F)cc(C(F)(F)F)c1. The number of benzene rings is 1. The van der Waals surface area contributed by atoms with Gasteiger partial charge in [0.1, 0.15) is 18.2 Å². The monoisotopic (exact) mass is 763 g/mol. The van der Waals surface area contributed by atoms with Crippen LogP contribution in [-0.4, -0.2) is 9.97 Å². The van der Waals surface area contributed by atoms with Gasteiger partial charge in [0, 0.05) is 16.7 Å². The second-order valence-corrected chi connectivity index (χ2v) is 9.88. The summed E-state index contributed by atoms with van der Waals surface area (Å²) in [5.41, 5.74) is -27.1. The zero-order valence-electron chi connectivity index (χ0n) is 23.8. The van der Waals surface area contributed by atoms with Crippen molar-refractivity contribution in [3.05, 3.63) is 109 Å². The van der Waals surface area contributed by atoms with E-state index < -0.39 is 139 Å². The molecule has 2 heterocycles. The Balaban J connectivity index is 2.36. The Kier molecular flexibility index (Phi) is 9.40. The lowest BCUT2D eigenvalue weighted by Gasteiger charge is -2.14. The Hall–Kier alpha value is -6.05. The molecule has 1 aliphatic rings. The van der Waals surface area contributed by atoms with Gasteiger partial charge in [-0.2, -0.15) is 77.3 Å². The lowest BCUT2D eigenvalue weighted by molar-refractivity contribution is -0.145. The van der Waals surface area contributed by atoms with Crippen LogP contribution in [0.1, 0.15) is 39.2 Å². The first-order chi connectivity index (χ1) is 23.7. The molecule has 3 aromatic rings. The van der Waals surface area contributed by atoms with Crippen molar-refractivity contribution < 1.29 is 79.0 Å². The third kappa shape index (κ3) is 6.71. The molecule has 52 heavy (non-hydrogen) atoms. The minimum atomic E-state index is -6.00. The average molecular weight is 763 g/mol. The van der Waals surface area contributed by atoms with E-state index in [1.54, 1.807) is 0 Å². The Bertz CT molecular complexity index is 2140. The van der Waals surface area contributed by atoms with Gasteiger partial charge in [-0.25, -0.2) is 27.5 Å². The van der Waals surface area contributed by atoms with Crippen molar-refractivity contribution in [3.8, 4) is 18.2 Å². The molecule has 0 radical (unpaired) electrons. The first-order valence-corrected chi connectivity index (χ1v) is 12.7. The molecular weight excluding hydrogens is 760 g/mol. The Morgan fingerprint density at radius 2 is 0.750 bits per heavy atom. The van der Waals surface area contributed by atoms with Crippen LogP contribution in [0.5, 0.6) is 0 Å². The van der Waals surface area contributed by atoms with Crippen molar-refractivity contribution in [1.82, 2.24) is 9.97 Å². The number of halogens is 18. The molecule has 5 nitrogen and oxygen atoms in total. The molecule has 4 rings (SSSR count). The molecule has 0 aliphatic heterocycles. The summed E-state index contributed by atoms with van der Waals surface area (Å²) in [6.07, 6.45) is -23.3. The normalized spacial score (nSPS) is 15.5. The van der Waals surface area contributed by atoms with E-state index in [-0.39, 0.29) is 12.1 Å². The summed E-state index contributed by atoms with van der Waals surface area (Å²) in [5, 5.41) is 29.4. The molecule has 0 atom stereocenters. The number of pyridine rings is 2. The van der Waals surface area contributed by atoms with Crippen molar-refractivity contribution in [2.75, 3.05) is 0 Å². The number of rotatable bonds is 3. The lowest BCUT2D eigenvalue weighted by Crippen LogP contribution is -2.16. The highest BCUT2D eigenvalue weighted by atomic mass is 19.4. The zero-order chi connectivity index (χ0) is 39.6. The predicted octanol–water partition coefficient (Wildman–Crippen LogP) is 9.63. The van der Waals surface area contributed by atoms with Crippen molar-refractivity contribution in [2.45, 2.75) is 24.7 Å². The minimum absolute atomic E-state index is 0.226. The van der Waals surface area contributed by atoms with Crippen LogP contribution in [0.25, 0.3) is 16.7 Å². The van der Waals surface area contributed by atoms with Crippen LogP contribution < -0.4 is 0 Å². The fraction of sp³-hybridized carbons (Fsp3) is 0.138. The molecule has 0 bridgehead atoms. The number of allylic oxidation sites excluding steroid dienone is 6. The molecule has 23 heteroatoms. The standard InChI is InChI=1S/C29H3F18N5/c30-18-16(20(32)24(34)51-22(18)28(42,43)44)11(5-49)14-13(10(4-48)7-1-8(26(36,37)38)3-9(2-7)27(39,40)41)15(14)12(6-50)17-19(31)23(29(45,46)47)52-25(35)21(17)33/h1-3H. The molecule has 0 unspecified atom stereocenters. The maximum Gasteiger partial charge on any atom is 0.436 e. The third-order valence-corrected chi connectivity index (χ3v) is 6.76. The fourth-order valence-electron chi connectivity index (χ4n) is 4.62. The van der Waals surface area contributed by atoms with Gasteiger partial charge in [0.05, 0.1) is 39.0 Å². The molecule has 0 spiro atoms. The molecule has 1 fully saturated rings. The molecule has 0 amide bonds. The van der Waals surface area contributed by atoms with Gasteiger partial charge in [0.15, 0.2) is 34.7 Å². The largest absolute Gasteiger partial charge is 0.436 e. The van der Waals surface area contributed by atoms with Crippen LogP contribution in [-0.2, 0) is 24.7 Å². The van der Waals surface area contributed by atoms with E-state index in [0.29, 0.717) is 0 Å². The Labute approximate surface area is 274 Å². The van der Waals surface area contributed by atoms with Gasteiger partial charge in [0.2, 0.25) is 11.9 Å². The van der Waals surface area contributed by atoms with E-state index >= 15 is 8.78 Å². The topological polar surface area (TPSA) is 97.1 Å². The molecule has 1 aromatic carbocycles. The molecule has 1 aliphatic carbocycles. The first kappa shape index (κ1) is 38.7. The van der Waals surface area contributed by atoms with E-state index in [9.17, 15) is 86.0 Å². The van der Waals surface area contributed by atoms with Gasteiger partial charge in [-0.3, -0.25) is 0 Å². The second-order valence-electron chi connectivity index (χ2n) is 9.88. The highest BCUT2D eigenvalue weighted by Crippen LogP contribution is 2.57. The maximum absolute atomic E-state index is 15.1. The molecule has 0 N–H and O–H groups in total. The van der Waals surface area contributed by atoms with Crippen molar-refractivity contribution in [1.29, 1.82) is 15.8 Å². The average Bonchev–Trinajstić information content (AvgIpc) is 3.72. The number of alkyl halides is 12.